The van der Waals surface area contributed by atoms with E-state index in [1.54, 1.807) is 0 Å². The van der Waals surface area contributed by atoms with Gasteiger partial charge in [0.15, 0.2) is 0 Å². The van der Waals surface area contributed by atoms with Crippen molar-refractivity contribution < 1.29 is 0 Å². The standard InChI is InChI=1S/C10H14N2/c11-7-4-8-12-9-10-5-2-1-3-6-10/h1-3,5-6,11H,4,7-9H2. The first kappa shape index (κ1) is 9.23. The molecule has 0 heterocycles. The normalized spacial score (nSPS) is 10.1. The molecule has 2 nitrogen and oxygen atoms in total. The summed E-state index contributed by atoms with van der Waals surface area (Å²) in [5, 5.41) is 4.31. The molecule has 2 heteroatoms. The average molecular weight is 162 g/mol. The fourth-order valence-corrected chi connectivity index (χ4v) is 0.982. The molecule has 0 atom stereocenters. The lowest BCUT2D eigenvalue weighted by molar-refractivity contribution is 0.639. The van der Waals surface area contributed by atoms with E-state index in [4.69, 9.17) is 5.73 Å². The molecule has 2 radical (unpaired) electrons. The summed E-state index contributed by atoms with van der Waals surface area (Å²) in [6.07, 6.45) is 0.882. The Bertz CT molecular complexity index is 196. The smallest absolute Gasteiger partial charge is 0.0384 e. The van der Waals surface area contributed by atoms with Crippen LogP contribution in [-0.2, 0) is 6.54 Å². The van der Waals surface area contributed by atoms with Crippen molar-refractivity contribution in [1.82, 2.24) is 11.1 Å². The van der Waals surface area contributed by atoms with E-state index in [9.17, 15) is 0 Å². The van der Waals surface area contributed by atoms with Crippen LogP contribution in [0.5, 0.6) is 0 Å². The van der Waals surface area contributed by atoms with Crippen molar-refractivity contribution in [2.24, 2.45) is 0 Å². The van der Waals surface area contributed by atoms with Crippen LogP contribution in [0.2, 0.25) is 0 Å². The Balaban J connectivity index is 2.16. The molecule has 0 saturated carbocycles. The lowest BCUT2D eigenvalue weighted by atomic mass is 10.2. The predicted octanol–water partition coefficient (Wildman–Crippen LogP) is 1.46. The number of hydrogen-bond acceptors (Lipinski definition) is 0. The highest BCUT2D eigenvalue weighted by atomic mass is 14.8. The van der Waals surface area contributed by atoms with Gasteiger partial charge in [-0.25, -0.2) is 5.32 Å². The van der Waals surface area contributed by atoms with Crippen molar-refractivity contribution in [3.05, 3.63) is 35.9 Å². The Morgan fingerprint density at radius 1 is 1.17 bits per heavy atom. The van der Waals surface area contributed by atoms with Crippen LogP contribution in [-0.4, -0.2) is 13.1 Å². The topological polar surface area (TPSA) is 37.9 Å². The number of rotatable bonds is 5. The zero-order valence-electron chi connectivity index (χ0n) is 7.16. The highest BCUT2D eigenvalue weighted by Gasteiger charge is 1.90. The van der Waals surface area contributed by atoms with Gasteiger partial charge in [0.2, 0.25) is 0 Å². The van der Waals surface area contributed by atoms with E-state index < -0.39 is 0 Å². The Morgan fingerprint density at radius 2 is 1.92 bits per heavy atom. The van der Waals surface area contributed by atoms with Gasteiger partial charge in [0.1, 0.15) is 0 Å². The quantitative estimate of drug-likeness (QED) is 0.588. The summed E-state index contributed by atoms with van der Waals surface area (Å²) in [7, 11) is 0. The SMILES string of the molecule is [NH]CCC[N]Cc1ccccc1. The van der Waals surface area contributed by atoms with Crippen molar-refractivity contribution in [2.45, 2.75) is 13.0 Å². The molecular weight excluding hydrogens is 148 g/mol. The molecular formula is C10H14N2. The second kappa shape index (κ2) is 5.75. The van der Waals surface area contributed by atoms with E-state index in [0.29, 0.717) is 6.54 Å². The van der Waals surface area contributed by atoms with Crippen LogP contribution in [0.25, 0.3) is 0 Å². The van der Waals surface area contributed by atoms with Crippen molar-refractivity contribution in [3.63, 3.8) is 0 Å². The third kappa shape index (κ3) is 3.51. The zero-order valence-corrected chi connectivity index (χ0v) is 7.16. The lowest BCUT2D eigenvalue weighted by Gasteiger charge is -2.00. The maximum atomic E-state index is 6.93. The first-order valence-electron chi connectivity index (χ1n) is 4.25. The highest BCUT2D eigenvalue weighted by Crippen LogP contribution is 1.97. The monoisotopic (exact) mass is 162 g/mol. The molecule has 0 aromatic heterocycles. The predicted molar refractivity (Wildman–Crippen MR) is 49.7 cm³/mol. The van der Waals surface area contributed by atoms with Crippen LogP contribution in [0.15, 0.2) is 30.3 Å². The number of nitrogens with one attached hydrogen (secondary N) is 1. The van der Waals surface area contributed by atoms with Gasteiger partial charge >= 0.3 is 0 Å². The minimum absolute atomic E-state index is 0.484. The molecule has 0 spiro atoms. The van der Waals surface area contributed by atoms with E-state index in [1.807, 2.05) is 18.2 Å². The van der Waals surface area contributed by atoms with Crippen molar-refractivity contribution in [1.29, 1.82) is 0 Å². The van der Waals surface area contributed by atoms with E-state index in [2.05, 4.69) is 17.4 Å². The van der Waals surface area contributed by atoms with Gasteiger partial charge in [-0.3, -0.25) is 5.73 Å². The van der Waals surface area contributed by atoms with Crippen LogP contribution in [0.3, 0.4) is 0 Å². The summed E-state index contributed by atoms with van der Waals surface area (Å²) >= 11 is 0. The summed E-state index contributed by atoms with van der Waals surface area (Å²) in [6.45, 7) is 2.09. The van der Waals surface area contributed by atoms with E-state index in [0.717, 1.165) is 19.5 Å². The van der Waals surface area contributed by atoms with Gasteiger partial charge in [-0.2, -0.15) is 0 Å². The Hall–Kier alpha value is -0.860. The van der Waals surface area contributed by atoms with Crippen LogP contribution in [0.1, 0.15) is 12.0 Å². The third-order valence-corrected chi connectivity index (χ3v) is 1.63. The molecule has 0 saturated heterocycles. The van der Waals surface area contributed by atoms with E-state index in [-0.39, 0.29) is 0 Å². The lowest BCUT2D eigenvalue weighted by Crippen LogP contribution is -2.08. The van der Waals surface area contributed by atoms with Gasteiger partial charge < -0.3 is 0 Å². The molecule has 0 aliphatic carbocycles. The third-order valence-electron chi connectivity index (χ3n) is 1.63. The minimum Gasteiger partial charge on any atom is -0.258 e. The molecule has 0 unspecified atom stereocenters. The zero-order chi connectivity index (χ0) is 8.65. The maximum Gasteiger partial charge on any atom is 0.0384 e. The molecule has 12 heavy (non-hydrogen) atoms. The Labute approximate surface area is 73.8 Å². The minimum atomic E-state index is 0.484. The van der Waals surface area contributed by atoms with Crippen LogP contribution < -0.4 is 11.1 Å². The highest BCUT2D eigenvalue weighted by molar-refractivity contribution is 5.14. The molecule has 0 aliphatic heterocycles. The molecule has 0 bridgehead atoms. The van der Waals surface area contributed by atoms with E-state index >= 15 is 0 Å². The fourth-order valence-electron chi connectivity index (χ4n) is 0.982. The van der Waals surface area contributed by atoms with Gasteiger partial charge in [-0.1, -0.05) is 30.3 Å². The summed E-state index contributed by atoms with van der Waals surface area (Å²) in [5.41, 5.74) is 8.18. The van der Waals surface area contributed by atoms with Crippen molar-refractivity contribution in [2.75, 3.05) is 13.1 Å². The molecule has 1 aromatic rings. The Morgan fingerprint density at radius 3 is 2.58 bits per heavy atom. The molecule has 1 N–H and O–H groups in total. The van der Waals surface area contributed by atoms with Gasteiger partial charge in [-0.15, -0.1) is 0 Å². The number of benzene rings is 1. The Kier molecular flexibility index (Phi) is 4.42. The summed E-state index contributed by atoms with van der Waals surface area (Å²) in [5.74, 6) is 0. The van der Waals surface area contributed by atoms with Crippen molar-refractivity contribution in [3.8, 4) is 0 Å². The average Bonchev–Trinajstić information content (AvgIpc) is 2.14. The van der Waals surface area contributed by atoms with Crippen LogP contribution in [0.4, 0.5) is 0 Å². The molecule has 0 fully saturated rings. The van der Waals surface area contributed by atoms with Crippen molar-refractivity contribution >= 4 is 0 Å². The fraction of sp³-hybridized carbons (Fsp3) is 0.400. The van der Waals surface area contributed by atoms with E-state index in [1.165, 1.54) is 5.56 Å². The summed E-state index contributed by atoms with van der Waals surface area (Å²) in [4.78, 5) is 0. The van der Waals surface area contributed by atoms with Gasteiger partial charge in [0, 0.05) is 19.6 Å². The second-order valence-electron chi connectivity index (χ2n) is 2.69. The number of hydrogen-bond donors (Lipinski definition) is 0. The largest absolute Gasteiger partial charge is 0.258 e. The summed E-state index contributed by atoms with van der Waals surface area (Å²) in [6, 6.07) is 10.2. The van der Waals surface area contributed by atoms with Crippen LogP contribution >= 0.6 is 0 Å². The summed E-state index contributed by atoms with van der Waals surface area (Å²) < 4.78 is 0. The van der Waals surface area contributed by atoms with Crippen LogP contribution in [0, 0.1) is 0 Å². The first-order valence-corrected chi connectivity index (χ1v) is 4.25. The number of nitrogens with zero attached hydrogens (tertiary/aromatic N) is 1. The first-order chi connectivity index (χ1) is 5.93. The molecule has 64 valence electrons. The van der Waals surface area contributed by atoms with Gasteiger partial charge in [0.05, 0.1) is 0 Å². The maximum absolute atomic E-state index is 6.93. The molecule has 0 amide bonds. The molecule has 1 rings (SSSR count). The molecule has 0 aliphatic rings. The van der Waals surface area contributed by atoms with Gasteiger partial charge in [0.25, 0.3) is 0 Å². The second-order valence-corrected chi connectivity index (χ2v) is 2.69. The van der Waals surface area contributed by atoms with Gasteiger partial charge in [-0.05, 0) is 12.0 Å². The molecule has 1 aromatic carbocycles.